The number of nitrogens with two attached hydrogens (primary N) is 1. The van der Waals surface area contributed by atoms with Crippen LogP contribution in [0, 0.1) is 0 Å². The normalized spacial score (nSPS) is 18.1. The summed E-state index contributed by atoms with van der Waals surface area (Å²) in [6.07, 6.45) is 1.08. The van der Waals surface area contributed by atoms with Gasteiger partial charge in [-0.2, -0.15) is 0 Å². The van der Waals surface area contributed by atoms with Gasteiger partial charge in [-0.25, -0.2) is 15.5 Å². The summed E-state index contributed by atoms with van der Waals surface area (Å²) < 4.78 is 10.5. The van der Waals surface area contributed by atoms with Gasteiger partial charge in [-0.15, -0.1) is 10.1 Å². The lowest BCUT2D eigenvalue weighted by atomic mass is 10.1. The Labute approximate surface area is 270 Å². The zero-order chi connectivity index (χ0) is 34.2. The average molecular weight is 645 g/mol. The van der Waals surface area contributed by atoms with E-state index in [9.17, 15) is 19.2 Å². The van der Waals surface area contributed by atoms with Crippen molar-refractivity contribution in [3.8, 4) is 0 Å². The molecule has 14 heteroatoms. The van der Waals surface area contributed by atoms with Crippen molar-refractivity contribution in [3.63, 3.8) is 0 Å². The third-order valence-electron chi connectivity index (χ3n) is 7.13. The second-order valence-electron chi connectivity index (χ2n) is 13.3. The number of hydrogen-bond donors (Lipinski definition) is 2. The first-order valence-corrected chi connectivity index (χ1v) is 15.4. The molecule has 1 aromatic carbocycles. The summed E-state index contributed by atoms with van der Waals surface area (Å²) in [4.78, 5) is 68.2. The van der Waals surface area contributed by atoms with Gasteiger partial charge in [0.25, 0.3) is 11.8 Å². The molecule has 0 unspecified atom stereocenters. The van der Waals surface area contributed by atoms with E-state index in [2.05, 4.69) is 21.8 Å². The van der Waals surface area contributed by atoms with Gasteiger partial charge in [-0.1, -0.05) is 18.7 Å². The average Bonchev–Trinajstić information content (AvgIpc) is 3.20. The van der Waals surface area contributed by atoms with Crippen LogP contribution in [-0.2, 0) is 19.1 Å². The van der Waals surface area contributed by atoms with Crippen LogP contribution in [0.3, 0.4) is 0 Å². The van der Waals surface area contributed by atoms with Crippen molar-refractivity contribution in [2.45, 2.75) is 97.6 Å². The standard InChI is InChI=1S/C24H32N4O7.C8H16N2O/c1-23(2,3)33-21(31)25-20(26-22(32)34-24(4,5)6)27-13-11-15(12-14-27)35-28-18(29)16-9-7-8-10-17(16)19(28)30;1-7(2)10-5-3-8(11-9)4-6-10/h7-10,15H,11-14H2,1-6H3,(H,25,26,31,32);8H,1,3-6,9H2,2H3. The topological polar surface area (TPSA) is 165 Å². The number of rotatable bonds is 4. The summed E-state index contributed by atoms with van der Waals surface area (Å²) in [5.41, 5.74) is 0.256. The summed E-state index contributed by atoms with van der Waals surface area (Å²) in [7, 11) is 0. The van der Waals surface area contributed by atoms with Gasteiger partial charge in [0.1, 0.15) is 11.2 Å². The molecule has 14 nitrogen and oxygen atoms in total. The number of piperidine rings is 2. The quantitative estimate of drug-likeness (QED) is 0.207. The maximum atomic E-state index is 12.6. The van der Waals surface area contributed by atoms with Crippen molar-refractivity contribution in [1.82, 2.24) is 20.2 Å². The van der Waals surface area contributed by atoms with Gasteiger partial charge in [-0.3, -0.25) is 19.7 Å². The number of fused-ring (bicyclic) bond motifs is 1. The van der Waals surface area contributed by atoms with Gasteiger partial charge in [0.2, 0.25) is 5.96 Å². The first-order valence-electron chi connectivity index (χ1n) is 15.4. The molecule has 46 heavy (non-hydrogen) atoms. The zero-order valence-corrected chi connectivity index (χ0v) is 28.0. The number of hydroxylamine groups is 2. The summed E-state index contributed by atoms with van der Waals surface area (Å²) in [6.45, 7) is 18.9. The number of nitrogens with one attached hydrogen (secondary N) is 1. The van der Waals surface area contributed by atoms with Gasteiger partial charge < -0.3 is 24.1 Å². The Kier molecular flexibility index (Phi) is 12.3. The van der Waals surface area contributed by atoms with Gasteiger partial charge in [0.15, 0.2) is 0 Å². The van der Waals surface area contributed by atoms with Crippen LogP contribution in [0.5, 0.6) is 0 Å². The van der Waals surface area contributed by atoms with E-state index >= 15 is 0 Å². The third kappa shape index (κ3) is 10.8. The highest BCUT2D eigenvalue weighted by molar-refractivity contribution is 6.20. The molecule has 2 fully saturated rings. The number of nitrogens with zero attached hydrogens (tertiary/aromatic N) is 4. The van der Waals surface area contributed by atoms with Crippen molar-refractivity contribution >= 4 is 30.0 Å². The number of carbonyl (C=O) groups excluding carboxylic acids is 4. The number of ether oxygens (including phenoxy) is 2. The van der Waals surface area contributed by atoms with Crippen molar-refractivity contribution < 1.29 is 38.3 Å². The smallest absolute Gasteiger partial charge is 0.437 e. The van der Waals surface area contributed by atoms with Crippen LogP contribution in [0.2, 0.25) is 0 Å². The Balaban J connectivity index is 0.000000441. The molecule has 0 bridgehead atoms. The lowest BCUT2D eigenvalue weighted by molar-refractivity contribution is -0.142. The number of allylic oxidation sites excluding steroid dienone is 1. The van der Waals surface area contributed by atoms with E-state index in [0.717, 1.165) is 36.7 Å². The highest BCUT2D eigenvalue weighted by Crippen LogP contribution is 2.26. The molecule has 4 rings (SSSR count). The van der Waals surface area contributed by atoms with E-state index < -0.39 is 41.3 Å². The van der Waals surface area contributed by atoms with E-state index in [1.165, 1.54) is 0 Å². The van der Waals surface area contributed by atoms with Crippen LogP contribution in [0.1, 0.15) is 94.9 Å². The molecule has 0 spiro atoms. The molecule has 3 aliphatic heterocycles. The molecular formula is C32H48N6O8. The molecule has 0 saturated carbocycles. The number of benzene rings is 1. The largest absolute Gasteiger partial charge is 0.444 e. The van der Waals surface area contributed by atoms with Crippen LogP contribution < -0.4 is 11.2 Å². The minimum Gasteiger partial charge on any atom is -0.444 e. The van der Waals surface area contributed by atoms with Crippen LogP contribution in [0.15, 0.2) is 41.5 Å². The van der Waals surface area contributed by atoms with Gasteiger partial charge in [0, 0.05) is 31.9 Å². The number of amides is 4. The van der Waals surface area contributed by atoms with E-state index in [0.29, 0.717) is 37.1 Å². The van der Waals surface area contributed by atoms with E-state index in [4.69, 9.17) is 25.0 Å². The Morgan fingerprint density at radius 3 is 1.78 bits per heavy atom. The van der Waals surface area contributed by atoms with E-state index in [-0.39, 0.29) is 12.1 Å². The summed E-state index contributed by atoms with van der Waals surface area (Å²) in [6, 6.07) is 6.55. The molecule has 0 atom stereocenters. The highest BCUT2D eigenvalue weighted by atomic mass is 16.7. The Morgan fingerprint density at radius 2 is 1.33 bits per heavy atom. The second-order valence-corrected chi connectivity index (χ2v) is 13.3. The van der Waals surface area contributed by atoms with E-state index in [1.54, 1.807) is 70.7 Å². The van der Waals surface area contributed by atoms with Crippen LogP contribution in [-0.4, -0.2) is 94.4 Å². The molecule has 0 aliphatic carbocycles. The minimum absolute atomic E-state index is 0.00678. The summed E-state index contributed by atoms with van der Waals surface area (Å²) in [5, 5.41) is 3.33. The summed E-state index contributed by atoms with van der Waals surface area (Å²) in [5.74, 6) is 4.09. The number of guanidine groups is 1. The number of alkyl carbamates (subject to hydrolysis) is 1. The van der Waals surface area contributed by atoms with Crippen LogP contribution in [0.25, 0.3) is 0 Å². The minimum atomic E-state index is -0.854. The van der Waals surface area contributed by atoms with Crippen molar-refractivity contribution in [1.29, 1.82) is 0 Å². The Bertz CT molecular complexity index is 1270. The van der Waals surface area contributed by atoms with Crippen molar-refractivity contribution in [3.05, 3.63) is 47.7 Å². The molecule has 3 heterocycles. The fourth-order valence-corrected chi connectivity index (χ4v) is 4.90. The second kappa shape index (κ2) is 15.5. The first-order chi connectivity index (χ1) is 21.5. The molecule has 2 saturated heterocycles. The SMILES string of the molecule is C=C(C)N1CCC(ON)CC1.CC(C)(C)OC(=O)N=C(NC(=O)OC(C)(C)C)N1CCC(ON2C(=O)c3ccccc3C2=O)CC1. The van der Waals surface area contributed by atoms with E-state index in [1.807, 2.05) is 6.92 Å². The lowest BCUT2D eigenvalue weighted by Gasteiger charge is -2.34. The first kappa shape index (κ1) is 36.5. The predicted molar refractivity (Wildman–Crippen MR) is 170 cm³/mol. The Hall–Kier alpha value is -4.01. The fourth-order valence-electron chi connectivity index (χ4n) is 4.90. The van der Waals surface area contributed by atoms with Crippen molar-refractivity contribution in [2.75, 3.05) is 26.2 Å². The molecule has 0 aromatic heterocycles. The number of imide groups is 1. The number of likely N-dealkylation sites (tertiary alicyclic amines) is 2. The number of carbonyl (C=O) groups is 4. The third-order valence-corrected chi connectivity index (χ3v) is 7.13. The molecule has 3 aliphatic rings. The number of hydrogen-bond acceptors (Lipinski definition) is 10. The van der Waals surface area contributed by atoms with Gasteiger partial charge >= 0.3 is 12.2 Å². The highest BCUT2D eigenvalue weighted by Gasteiger charge is 2.39. The van der Waals surface area contributed by atoms with Crippen LogP contribution in [0.4, 0.5) is 9.59 Å². The maximum absolute atomic E-state index is 12.6. The maximum Gasteiger partial charge on any atom is 0.437 e. The molecule has 0 radical (unpaired) electrons. The van der Waals surface area contributed by atoms with Crippen molar-refractivity contribution in [2.24, 2.45) is 10.9 Å². The fraction of sp³-hybridized carbons (Fsp3) is 0.594. The lowest BCUT2D eigenvalue weighted by Crippen LogP contribution is -2.51. The molecule has 1 aromatic rings. The summed E-state index contributed by atoms with van der Waals surface area (Å²) >= 11 is 0. The number of aliphatic imine (C=N–C) groups is 1. The predicted octanol–water partition coefficient (Wildman–Crippen LogP) is 4.37. The molecular weight excluding hydrogens is 596 g/mol. The van der Waals surface area contributed by atoms with Crippen LogP contribution >= 0.6 is 0 Å². The van der Waals surface area contributed by atoms with Gasteiger partial charge in [0.05, 0.1) is 23.3 Å². The molecule has 3 N–H and O–H groups in total. The Morgan fingerprint density at radius 1 is 0.848 bits per heavy atom. The molecule has 254 valence electrons. The molecule has 4 amide bonds. The van der Waals surface area contributed by atoms with Gasteiger partial charge in [-0.05, 0) is 86.3 Å². The zero-order valence-electron chi connectivity index (χ0n) is 28.0. The monoisotopic (exact) mass is 644 g/mol.